The third-order valence-electron chi connectivity index (χ3n) is 5.79. The first-order chi connectivity index (χ1) is 15.1. The number of nitrogens with one attached hydrogen (secondary N) is 1. The molecular formula is C23H22ClN3O2S2. The van der Waals surface area contributed by atoms with E-state index in [1.54, 1.807) is 41.8 Å². The third kappa shape index (κ3) is 4.31. The summed E-state index contributed by atoms with van der Waals surface area (Å²) < 4.78 is 2.45. The third-order valence-corrected chi connectivity index (χ3v) is 8.85. The van der Waals surface area contributed by atoms with Crippen LogP contribution < -0.4 is 5.32 Å². The molecule has 5 rings (SSSR count). The first-order valence-corrected chi connectivity index (χ1v) is 12.6. The highest BCUT2D eigenvalue weighted by molar-refractivity contribution is 8.01. The standard InChI is InChI=1S/C23H22ClN3O2S2/c24-14-8-10-15(11-9-14)25-23(29)27-13-12-18(26-27)21-17-6-3-7-19(28)20(17)22(31-21)30-16-4-1-2-5-16/h8-13,16H,1-7H2,(H,25,29). The van der Waals surface area contributed by atoms with Gasteiger partial charge < -0.3 is 5.32 Å². The molecule has 2 aliphatic carbocycles. The Morgan fingerprint density at radius 3 is 2.68 bits per heavy atom. The van der Waals surface area contributed by atoms with Crippen LogP contribution >= 0.6 is 34.7 Å². The number of aromatic nitrogens is 2. The second-order valence-corrected chi connectivity index (χ2v) is 11.0. The van der Waals surface area contributed by atoms with E-state index in [2.05, 4.69) is 10.4 Å². The van der Waals surface area contributed by atoms with Crippen molar-refractivity contribution in [2.75, 3.05) is 5.32 Å². The highest BCUT2D eigenvalue weighted by Gasteiger charge is 2.30. The van der Waals surface area contributed by atoms with Crippen molar-refractivity contribution >= 4 is 52.2 Å². The summed E-state index contributed by atoms with van der Waals surface area (Å²) in [5.41, 5.74) is 3.44. The molecule has 0 spiro atoms. The summed E-state index contributed by atoms with van der Waals surface area (Å²) >= 11 is 9.45. The van der Waals surface area contributed by atoms with Crippen molar-refractivity contribution in [3.8, 4) is 10.6 Å². The number of halogens is 1. The number of thiophene rings is 1. The first kappa shape index (κ1) is 20.8. The molecule has 0 unspecified atom stereocenters. The monoisotopic (exact) mass is 471 g/mol. The SMILES string of the molecule is O=C1CCCc2c(-c3ccn(C(=O)Nc4ccc(Cl)cc4)n3)sc(SC3CCCC3)c21. The molecule has 3 aromatic rings. The van der Waals surface area contributed by atoms with Crippen LogP contribution in [0.2, 0.25) is 5.02 Å². The van der Waals surface area contributed by atoms with Gasteiger partial charge in [-0.15, -0.1) is 23.1 Å². The first-order valence-electron chi connectivity index (χ1n) is 10.6. The van der Waals surface area contributed by atoms with E-state index in [4.69, 9.17) is 11.6 Å². The lowest BCUT2D eigenvalue weighted by Gasteiger charge is -2.14. The van der Waals surface area contributed by atoms with Crippen LogP contribution in [-0.2, 0) is 6.42 Å². The molecule has 0 bridgehead atoms. The van der Waals surface area contributed by atoms with Gasteiger partial charge >= 0.3 is 6.03 Å². The second kappa shape index (κ2) is 8.81. The highest BCUT2D eigenvalue weighted by Crippen LogP contribution is 2.47. The van der Waals surface area contributed by atoms with Gasteiger partial charge in [0.25, 0.3) is 0 Å². The highest BCUT2D eigenvalue weighted by atomic mass is 35.5. The molecule has 2 aromatic heterocycles. The number of benzene rings is 1. The zero-order chi connectivity index (χ0) is 21.4. The zero-order valence-electron chi connectivity index (χ0n) is 16.9. The maximum atomic E-state index is 12.8. The number of ketones is 1. The van der Waals surface area contributed by atoms with E-state index < -0.39 is 0 Å². The number of fused-ring (bicyclic) bond motifs is 1. The van der Waals surface area contributed by atoms with Crippen LogP contribution in [0.25, 0.3) is 10.6 Å². The zero-order valence-corrected chi connectivity index (χ0v) is 19.3. The molecule has 2 heterocycles. The van der Waals surface area contributed by atoms with Crippen molar-refractivity contribution in [1.82, 2.24) is 9.78 Å². The second-order valence-electron chi connectivity index (χ2n) is 7.96. The Hall–Kier alpha value is -2.09. The lowest BCUT2D eigenvalue weighted by Crippen LogP contribution is -2.19. The van der Waals surface area contributed by atoms with Gasteiger partial charge in [-0.2, -0.15) is 9.78 Å². The van der Waals surface area contributed by atoms with Gasteiger partial charge in [-0.3, -0.25) is 4.79 Å². The van der Waals surface area contributed by atoms with E-state index in [0.29, 0.717) is 22.4 Å². The Kier molecular flexibility index (Phi) is 5.91. The molecule has 2 aliphatic rings. The number of carbonyl (C=O) groups is 2. The summed E-state index contributed by atoms with van der Waals surface area (Å²) in [4.78, 5) is 26.4. The number of rotatable bonds is 4. The summed E-state index contributed by atoms with van der Waals surface area (Å²) in [6.45, 7) is 0. The molecule has 1 aromatic carbocycles. The van der Waals surface area contributed by atoms with Crippen LogP contribution in [0.15, 0.2) is 40.7 Å². The molecule has 1 N–H and O–H groups in total. The number of hydrogen-bond donors (Lipinski definition) is 1. The average molecular weight is 472 g/mol. The van der Waals surface area contributed by atoms with Crippen LogP contribution in [0.3, 0.4) is 0 Å². The van der Waals surface area contributed by atoms with Gasteiger partial charge in [0, 0.05) is 34.1 Å². The van der Waals surface area contributed by atoms with Crippen molar-refractivity contribution in [2.24, 2.45) is 0 Å². The van der Waals surface area contributed by atoms with Crippen molar-refractivity contribution in [3.05, 3.63) is 52.7 Å². The Morgan fingerprint density at radius 2 is 1.90 bits per heavy atom. The minimum Gasteiger partial charge on any atom is -0.306 e. The van der Waals surface area contributed by atoms with Crippen molar-refractivity contribution in [3.63, 3.8) is 0 Å². The van der Waals surface area contributed by atoms with E-state index >= 15 is 0 Å². The van der Waals surface area contributed by atoms with Crippen LogP contribution in [0.5, 0.6) is 0 Å². The maximum Gasteiger partial charge on any atom is 0.346 e. The number of hydrogen-bond acceptors (Lipinski definition) is 5. The molecule has 0 radical (unpaired) electrons. The molecule has 160 valence electrons. The lowest BCUT2D eigenvalue weighted by molar-refractivity contribution is 0.0970. The Labute approximate surface area is 194 Å². The number of thioether (sulfide) groups is 1. The number of carbonyl (C=O) groups excluding carboxylic acids is 2. The molecule has 5 nitrogen and oxygen atoms in total. The van der Waals surface area contributed by atoms with E-state index in [1.807, 2.05) is 17.8 Å². The summed E-state index contributed by atoms with van der Waals surface area (Å²) in [6.07, 6.45) is 9.06. The minimum absolute atomic E-state index is 0.254. The fourth-order valence-electron chi connectivity index (χ4n) is 4.23. The Bertz CT molecular complexity index is 1130. The lowest BCUT2D eigenvalue weighted by atomic mass is 9.92. The smallest absolute Gasteiger partial charge is 0.306 e. The van der Waals surface area contributed by atoms with Gasteiger partial charge in [0.1, 0.15) is 5.69 Å². The van der Waals surface area contributed by atoms with Crippen molar-refractivity contribution < 1.29 is 9.59 Å². The fourth-order valence-corrected chi connectivity index (χ4v) is 7.50. The number of anilines is 1. The fraction of sp³-hybridized carbons (Fsp3) is 0.348. The van der Waals surface area contributed by atoms with Crippen molar-refractivity contribution in [2.45, 2.75) is 54.4 Å². The summed E-state index contributed by atoms with van der Waals surface area (Å²) in [5, 5.41) is 8.58. The largest absolute Gasteiger partial charge is 0.346 e. The molecular weight excluding hydrogens is 450 g/mol. The molecule has 0 aliphatic heterocycles. The summed E-state index contributed by atoms with van der Waals surface area (Å²) in [6, 6.07) is 8.47. The molecule has 0 atom stereocenters. The van der Waals surface area contributed by atoms with Gasteiger partial charge in [0.15, 0.2) is 5.78 Å². The van der Waals surface area contributed by atoms with Gasteiger partial charge in [-0.25, -0.2) is 4.79 Å². The summed E-state index contributed by atoms with van der Waals surface area (Å²) in [5.74, 6) is 0.254. The van der Waals surface area contributed by atoms with E-state index in [-0.39, 0.29) is 11.8 Å². The number of Topliss-reactive ketones (excluding diaryl/α,β-unsaturated/α-hetero) is 1. The van der Waals surface area contributed by atoms with Gasteiger partial charge in [-0.1, -0.05) is 24.4 Å². The van der Waals surface area contributed by atoms with E-state index in [9.17, 15) is 9.59 Å². The van der Waals surface area contributed by atoms with E-state index in [0.717, 1.165) is 38.7 Å². The normalized spacial score (nSPS) is 16.5. The predicted octanol–water partition coefficient (Wildman–Crippen LogP) is 6.90. The van der Waals surface area contributed by atoms with Crippen LogP contribution in [0, 0.1) is 0 Å². The Morgan fingerprint density at radius 1 is 1.13 bits per heavy atom. The topological polar surface area (TPSA) is 64.0 Å². The average Bonchev–Trinajstić information content (AvgIpc) is 3.50. The quantitative estimate of drug-likeness (QED) is 0.449. The predicted molar refractivity (Wildman–Crippen MR) is 127 cm³/mol. The van der Waals surface area contributed by atoms with E-state index in [1.165, 1.54) is 30.4 Å². The maximum absolute atomic E-state index is 12.8. The van der Waals surface area contributed by atoms with Gasteiger partial charge in [0.2, 0.25) is 0 Å². The molecule has 1 amide bonds. The van der Waals surface area contributed by atoms with Crippen LogP contribution in [-0.4, -0.2) is 26.8 Å². The molecule has 1 fully saturated rings. The molecule has 31 heavy (non-hydrogen) atoms. The van der Waals surface area contributed by atoms with Gasteiger partial charge in [-0.05, 0) is 61.6 Å². The molecule has 0 saturated heterocycles. The van der Waals surface area contributed by atoms with Crippen LogP contribution in [0.1, 0.15) is 54.4 Å². The number of nitrogens with zero attached hydrogens (tertiary/aromatic N) is 2. The molecule has 1 saturated carbocycles. The summed E-state index contributed by atoms with van der Waals surface area (Å²) in [7, 11) is 0. The van der Waals surface area contributed by atoms with Crippen molar-refractivity contribution in [1.29, 1.82) is 0 Å². The van der Waals surface area contributed by atoms with Gasteiger partial charge in [0.05, 0.1) is 9.09 Å². The number of amides is 1. The molecule has 8 heteroatoms. The minimum atomic E-state index is -0.337. The Balaban J connectivity index is 1.42. The van der Waals surface area contributed by atoms with Crippen LogP contribution in [0.4, 0.5) is 10.5 Å².